The van der Waals surface area contributed by atoms with Crippen molar-refractivity contribution in [1.29, 1.82) is 0 Å². The number of carbonyl (C=O) groups excluding carboxylic acids is 1. The van der Waals surface area contributed by atoms with Gasteiger partial charge in [0.25, 0.3) is 5.56 Å². The number of rotatable bonds is 5. The van der Waals surface area contributed by atoms with E-state index in [1.807, 2.05) is 52.1 Å². The molecule has 1 atom stereocenters. The largest absolute Gasteiger partial charge is 0.333 e. The molecule has 0 spiro atoms. The Morgan fingerprint density at radius 3 is 2.86 bits per heavy atom. The number of piperidine rings is 1. The molecule has 0 aliphatic carbocycles. The lowest BCUT2D eigenvalue weighted by Gasteiger charge is -2.35. The number of hydrogen-bond donors (Lipinski definition) is 1. The second-order valence-electron chi connectivity index (χ2n) is 7.11. The summed E-state index contributed by atoms with van der Waals surface area (Å²) in [5, 5.41) is 3.95. The summed E-state index contributed by atoms with van der Waals surface area (Å²) >= 11 is 1.57. The van der Waals surface area contributed by atoms with Gasteiger partial charge in [0.1, 0.15) is 5.82 Å². The van der Waals surface area contributed by atoms with Gasteiger partial charge in [0.2, 0.25) is 5.91 Å². The maximum absolute atomic E-state index is 13.0. The minimum absolute atomic E-state index is 0.122. The first-order valence-corrected chi connectivity index (χ1v) is 10.6. The van der Waals surface area contributed by atoms with Gasteiger partial charge in [-0.2, -0.15) is 11.3 Å². The average molecular weight is 394 g/mol. The summed E-state index contributed by atoms with van der Waals surface area (Å²) in [5.41, 5.74) is 2.60. The molecule has 1 aliphatic rings. The normalized spacial score (nSPS) is 16.9. The molecular formula is C22H23N3O2S. The summed E-state index contributed by atoms with van der Waals surface area (Å²) in [7, 11) is 0. The molecule has 1 N–H and O–H groups in total. The Morgan fingerprint density at radius 2 is 2.07 bits per heavy atom. The van der Waals surface area contributed by atoms with Crippen molar-refractivity contribution in [2.75, 3.05) is 6.54 Å². The van der Waals surface area contributed by atoms with Gasteiger partial charge in [0.15, 0.2) is 0 Å². The van der Waals surface area contributed by atoms with Gasteiger partial charge in [-0.1, -0.05) is 30.3 Å². The third-order valence-electron chi connectivity index (χ3n) is 5.19. The molecule has 1 aromatic carbocycles. The summed E-state index contributed by atoms with van der Waals surface area (Å²) in [4.78, 5) is 34.7. The molecule has 1 unspecified atom stereocenters. The van der Waals surface area contributed by atoms with E-state index in [2.05, 4.69) is 4.98 Å². The molecule has 1 aliphatic heterocycles. The number of nitrogens with zero attached hydrogens (tertiary/aromatic N) is 2. The third-order valence-corrected chi connectivity index (χ3v) is 5.87. The predicted molar refractivity (Wildman–Crippen MR) is 111 cm³/mol. The van der Waals surface area contributed by atoms with Gasteiger partial charge in [-0.15, -0.1) is 0 Å². The molecule has 2 aromatic heterocycles. The van der Waals surface area contributed by atoms with Crippen molar-refractivity contribution in [3.05, 3.63) is 75.0 Å². The fourth-order valence-electron chi connectivity index (χ4n) is 3.75. The van der Waals surface area contributed by atoms with E-state index in [4.69, 9.17) is 4.98 Å². The summed E-state index contributed by atoms with van der Waals surface area (Å²) in [6, 6.07) is 13.4. The Balaban J connectivity index is 1.55. The summed E-state index contributed by atoms with van der Waals surface area (Å²) in [6.45, 7) is 0.713. The van der Waals surface area contributed by atoms with Gasteiger partial charge in [-0.3, -0.25) is 9.59 Å². The molecule has 0 bridgehead atoms. The van der Waals surface area contributed by atoms with E-state index in [-0.39, 0.29) is 17.5 Å². The standard InChI is InChI=1S/C22H23N3O2S/c26-20-14-18(17-11-13-28-15-17)23-22(24-20)19-8-4-5-12-25(19)21(27)10-9-16-6-2-1-3-7-16/h1-3,6-7,11,13-15,19H,4-5,8-10,12H2,(H,23,24,26). The van der Waals surface area contributed by atoms with Gasteiger partial charge in [-0.25, -0.2) is 4.98 Å². The smallest absolute Gasteiger partial charge is 0.251 e. The lowest BCUT2D eigenvalue weighted by Crippen LogP contribution is -2.40. The van der Waals surface area contributed by atoms with Crippen LogP contribution in [-0.4, -0.2) is 27.3 Å². The highest BCUT2D eigenvalue weighted by Gasteiger charge is 2.29. The number of thiophene rings is 1. The predicted octanol–water partition coefficient (Wildman–Crippen LogP) is 4.18. The first-order chi connectivity index (χ1) is 13.7. The minimum Gasteiger partial charge on any atom is -0.333 e. The van der Waals surface area contributed by atoms with Crippen LogP contribution in [0.5, 0.6) is 0 Å². The summed E-state index contributed by atoms with van der Waals surface area (Å²) < 4.78 is 0. The van der Waals surface area contributed by atoms with Crippen LogP contribution in [0.4, 0.5) is 0 Å². The fourth-order valence-corrected chi connectivity index (χ4v) is 4.40. The SMILES string of the molecule is O=C(CCc1ccccc1)N1CCCCC1c1nc(-c2ccsc2)cc(=O)[nH]1. The number of benzene rings is 1. The number of likely N-dealkylation sites (tertiary alicyclic amines) is 1. The summed E-state index contributed by atoms with van der Waals surface area (Å²) in [5.74, 6) is 0.721. The zero-order valence-electron chi connectivity index (χ0n) is 15.6. The van der Waals surface area contributed by atoms with Gasteiger partial charge in [0.05, 0.1) is 11.7 Å². The quantitative estimate of drug-likeness (QED) is 0.707. The topological polar surface area (TPSA) is 66.1 Å². The maximum Gasteiger partial charge on any atom is 0.251 e. The molecule has 3 aromatic rings. The van der Waals surface area contributed by atoms with Crippen molar-refractivity contribution in [2.45, 2.75) is 38.1 Å². The Kier molecular flexibility index (Phi) is 5.67. The van der Waals surface area contributed by atoms with Crippen LogP contribution in [0.1, 0.15) is 43.1 Å². The fraction of sp³-hybridized carbons (Fsp3) is 0.318. The molecule has 1 saturated heterocycles. The molecule has 0 radical (unpaired) electrons. The summed E-state index contributed by atoms with van der Waals surface area (Å²) in [6.07, 6.45) is 4.03. The van der Waals surface area contributed by atoms with E-state index < -0.39 is 0 Å². The molecule has 1 fully saturated rings. The number of nitrogens with one attached hydrogen (secondary N) is 1. The molecule has 6 heteroatoms. The van der Waals surface area contributed by atoms with E-state index in [0.29, 0.717) is 24.5 Å². The number of aromatic amines is 1. The molecule has 4 rings (SSSR count). The molecule has 3 heterocycles. The Morgan fingerprint density at radius 1 is 1.21 bits per heavy atom. The second kappa shape index (κ2) is 8.52. The number of amides is 1. The van der Waals surface area contributed by atoms with E-state index in [1.54, 1.807) is 11.3 Å². The van der Waals surface area contributed by atoms with Gasteiger partial charge in [0, 0.05) is 30.0 Å². The van der Waals surface area contributed by atoms with E-state index in [0.717, 1.165) is 36.8 Å². The number of hydrogen-bond acceptors (Lipinski definition) is 4. The molecule has 1 amide bonds. The van der Waals surface area contributed by atoms with E-state index in [9.17, 15) is 9.59 Å². The number of carbonyl (C=O) groups is 1. The zero-order chi connectivity index (χ0) is 19.3. The van der Waals surface area contributed by atoms with Crippen LogP contribution < -0.4 is 5.56 Å². The van der Waals surface area contributed by atoms with Crippen LogP contribution in [0.3, 0.4) is 0 Å². The van der Waals surface area contributed by atoms with Crippen LogP contribution >= 0.6 is 11.3 Å². The second-order valence-corrected chi connectivity index (χ2v) is 7.89. The van der Waals surface area contributed by atoms with E-state index >= 15 is 0 Å². The van der Waals surface area contributed by atoms with Crippen molar-refractivity contribution >= 4 is 17.2 Å². The van der Waals surface area contributed by atoms with Gasteiger partial charge < -0.3 is 9.88 Å². The van der Waals surface area contributed by atoms with Crippen LogP contribution in [0.15, 0.2) is 58.0 Å². The zero-order valence-corrected chi connectivity index (χ0v) is 16.5. The van der Waals surface area contributed by atoms with Crippen molar-refractivity contribution in [2.24, 2.45) is 0 Å². The van der Waals surface area contributed by atoms with Crippen LogP contribution in [-0.2, 0) is 11.2 Å². The minimum atomic E-state index is -0.173. The Labute approximate surface area is 168 Å². The van der Waals surface area contributed by atoms with Crippen LogP contribution in [0, 0.1) is 0 Å². The molecular weight excluding hydrogens is 370 g/mol. The number of H-pyrrole nitrogens is 1. The lowest BCUT2D eigenvalue weighted by atomic mass is 9.99. The van der Waals surface area contributed by atoms with E-state index in [1.165, 1.54) is 6.07 Å². The van der Waals surface area contributed by atoms with Crippen LogP contribution in [0.25, 0.3) is 11.3 Å². The molecule has 28 heavy (non-hydrogen) atoms. The first-order valence-electron chi connectivity index (χ1n) is 9.68. The monoisotopic (exact) mass is 393 g/mol. The third kappa shape index (κ3) is 4.22. The number of aryl methyl sites for hydroxylation is 1. The lowest BCUT2D eigenvalue weighted by molar-refractivity contribution is -0.135. The first kappa shape index (κ1) is 18.6. The van der Waals surface area contributed by atoms with Crippen molar-refractivity contribution in [1.82, 2.24) is 14.9 Å². The van der Waals surface area contributed by atoms with Crippen LogP contribution in [0.2, 0.25) is 0 Å². The highest BCUT2D eigenvalue weighted by atomic mass is 32.1. The highest BCUT2D eigenvalue weighted by molar-refractivity contribution is 7.08. The molecule has 0 saturated carbocycles. The average Bonchev–Trinajstić information content (AvgIpc) is 3.27. The van der Waals surface area contributed by atoms with Gasteiger partial charge >= 0.3 is 0 Å². The number of aromatic nitrogens is 2. The Hall–Kier alpha value is -2.73. The van der Waals surface area contributed by atoms with Crippen molar-refractivity contribution < 1.29 is 4.79 Å². The molecule has 5 nitrogen and oxygen atoms in total. The van der Waals surface area contributed by atoms with Crippen molar-refractivity contribution in [3.8, 4) is 11.3 Å². The van der Waals surface area contributed by atoms with Crippen molar-refractivity contribution in [3.63, 3.8) is 0 Å². The highest BCUT2D eigenvalue weighted by Crippen LogP contribution is 2.30. The van der Waals surface area contributed by atoms with Gasteiger partial charge in [-0.05, 0) is 42.7 Å². The Bertz CT molecular complexity index is 983. The molecule has 144 valence electrons. The maximum atomic E-state index is 13.0.